The predicted octanol–water partition coefficient (Wildman–Crippen LogP) is 1.97. The van der Waals surface area contributed by atoms with Crippen LogP contribution in [0.1, 0.15) is 12.5 Å². The van der Waals surface area contributed by atoms with E-state index in [2.05, 4.69) is 15.3 Å². The molecule has 0 spiro atoms. The number of fused-ring (bicyclic) bond motifs is 1. The van der Waals surface area contributed by atoms with Crippen molar-refractivity contribution >= 4 is 16.9 Å². The minimum Gasteiger partial charge on any atom is -0.497 e. The standard InChI is InChI=1S/C24H23N5O4/c1-3-28-22-19(14-26-21(27-22)17-9-5-4-6-10-17)23(31)29(24(28)32)15-20(30)25-13-16-8-7-11-18(12-16)33-2/h4-12,14H,3,13,15H2,1-2H3,(H,25,30). The molecule has 0 unspecified atom stereocenters. The van der Waals surface area contributed by atoms with Crippen molar-refractivity contribution in [1.82, 2.24) is 24.4 Å². The maximum Gasteiger partial charge on any atom is 0.333 e. The third-order valence-corrected chi connectivity index (χ3v) is 5.24. The van der Waals surface area contributed by atoms with E-state index in [-0.39, 0.29) is 24.1 Å². The van der Waals surface area contributed by atoms with Crippen LogP contribution in [0.4, 0.5) is 0 Å². The second kappa shape index (κ2) is 9.47. The van der Waals surface area contributed by atoms with E-state index in [1.165, 1.54) is 10.8 Å². The zero-order valence-corrected chi connectivity index (χ0v) is 18.3. The van der Waals surface area contributed by atoms with Crippen molar-refractivity contribution in [2.75, 3.05) is 7.11 Å². The molecule has 0 fully saturated rings. The average molecular weight is 445 g/mol. The number of aryl methyl sites for hydroxylation is 1. The summed E-state index contributed by atoms with van der Waals surface area (Å²) in [4.78, 5) is 47.4. The highest BCUT2D eigenvalue weighted by atomic mass is 16.5. The lowest BCUT2D eigenvalue weighted by molar-refractivity contribution is -0.121. The monoisotopic (exact) mass is 445 g/mol. The SMILES string of the molecule is CCn1c(=O)n(CC(=O)NCc2cccc(OC)c2)c(=O)c2cnc(-c3ccccc3)nc21. The van der Waals surface area contributed by atoms with Crippen molar-refractivity contribution in [1.29, 1.82) is 0 Å². The summed E-state index contributed by atoms with van der Waals surface area (Å²) in [6.07, 6.45) is 1.41. The third kappa shape index (κ3) is 4.52. The molecule has 33 heavy (non-hydrogen) atoms. The Balaban J connectivity index is 1.64. The van der Waals surface area contributed by atoms with Crippen molar-refractivity contribution < 1.29 is 9.53 Å². The fraction of sp³-hybridized carbons (Fsp3) is 0.208. The molecule has 0 atom stereocenters. The first-order valence-corrected chi connectivity index (χ1v) is 10.5. The summed E-state index contributed by atoms with van der Waals surface area (Å²) in [5.41, 5.74) is 0.659. The van der Waals surface area contributed by atoms with E-state index in [0.717, 1.165) is 15.7 Å². The van der Waals surface area contributed by atoms with Crippen LogP contribution in [0.2, 0.25) is 0 Å². The van der Waals surface area contributed by atoms with Gasteiger partial charge in [0.15, 0.2) is 11.5 Å². The summed E-state index contributed by atoms with van der Waals surface area (Å²) < 4.78 is 7.47. The molecule has 1 N–H and O–H groups in total. The van der Waals surface area contributed by atoms with Crippen LogP contribution in [0, 0.1) is 0 Å². The van der Waals surface area contributed by atoms with Crippen LogP contribution >= 0.6 is 0 Å². The Labute approximate surface area is 189 Å². The molecule has 0 saturated heterocycles. The summed E-state index contributed by atoms with van der Waals surface area (Å²) in [6, 6.07) is 16.6. The molecule has 9 heteroatoms. The molecule has 168 valence electrons. The maximum absolute atomic E-state index is 13.0. The molecule has 2 aromatic heterocycles. The summed E-state index contributed by atoms with van der Waals surface area (Å²) in [5.74, 6) is 0.631. The van der Waals surface area contributed by atoms with Gasteiger partial charge in [-0.05, 0) is 24.6 Å². The zero-order chi connectivity index (χ0) is 23.4. The Morgan fingerprint density at radius 1 is 1.06 bits per heavy atom. The van der Waals surface area contributed by atoms with Gasteiger partial charge in [0.2, 0.25) is 5.91 Å². The number of ether oxygens (including phenoxy) is 1. The maximum atomic E-state index is 13.0. The molecule has 0 aliphatic rings. The first-order valence-electron chi connectivity index (χ1n) is 10.5. The van der Waals surface area contributed by atoms with Gasteiger partial charge in [-0.1, -0.05) is 42.5 Å². The Hall–Kier alpha value is -4.27. The average Bonchev–Trinajstić information content (AvgIpc) is 2.86. The van der Waals surface area contributed by atoms with Gasteiger partial charge in [-0.15, -0.1) is 0 Å². The van der Waals surface area contributed by atoms with Crippen LogP contribution in [-0.2, 0) is 24.4 Å². The largest absolute Gasteiger partial charge is 0.497 e. The first-order chi connectivity index (χ1) is 16.0. The Morgan fingerprint density at radius 3 is 2.58 bits per heavy atom. The third-order valence-electron chi connectivity index (χ3n) is 5.24. The highest BCUT2D eigenvalue weighted by molar-refractivity contribution is 5.78. The highest BCUT2D eigenvalue weighted by Gasteiger charge is 2.17. The van der Waals surface area contributed by atoms with E-state index in [1.54, 1.807) is 26.2 Å². The van der Waals surface area contributed by atoms with Gasteiger partial charge in [-0.3, -0.25) is 18.7 Å². The number of methoxy groups -OCH3 is 1. The van der Waals surface area contributed by atoms with Crippen LogP contribution in [0.3, 0.4) is 0 Å². The smallest absolute Gasteiger partial charge is 0.333 e. The van der Waals surface area contributed by atoms with E-state index in [9.17, 15) is 14.4 Å². The minimum absolute atomic E-state index is 0.178. The number of aromatic nitrogens is 4. The number of carbonyl (C=O) groups excluding carboxylic acids is 1. The van der Waals surface area contributed by atoms with Gasteiger partial charge in [-0.25, -0.2) is 14.8 Å². The number of hydrogen-bond acceptors (Lipinski definition) is 6. The van der Waals surface area contributed by atoms with Gasteiger partial charge in [0.1, 0.15) is 17.7 Å². The Bertz CT molecular complexity index is 1430. The molecule has 4 rings (SSSR count). The molecule has 2 heterocycles. The molecule has 0 aliphatic heterocycles. The lowest BCUT2D eigenvalue weighted by Gasteiger charge is -2.13. The fourth-order valence-electron chi connectivity index (χ4n) is 3.53. The lowest BCUT2D eigenvalue weighted by Crippen LogP contribution is -2.44. The molecule has 0 saturated carbocycles. The molecule has 0 aliphatic carbocycles. The quantitative estimate of drug-likeness (QED) is 0.466. The van der Waals surface area contributed by atoms with Gasteiger partial charge in [0, 0.05) is 24.8 Å². The summed E-state index contributed by atoms with van der Waals surface area (Å²) >= 11 is 0. The minimum atomic E-state index is -0.601. The van der Waals surface area contributed by atoms with Crippen molar-refractivity contribution in [3.8, 4) is 17.1 Å². The predicted molar refractivity (Wildman–Crippen MR) is 124 cm³/mol. The van der Waals surface area contributed by atoms with Crippen molar-refractivity contribution in [3.63, 3.8) is 0 Å². The molecule has 1 amide bonds. The van der Waals surface area contributed by atoms with Gasteiger partial charge in [0.05, 0.1) is 7.11 Å². The molecule has 0 radical (unpaired) electrons. The second-order valence-electron chi connectivity index (χ2n) is 7.34. The fourth-order valence-corrected chi connectivity index (χ4v) is 3.53. The van der Waals surface area contributed by atoms with Crippen molar-refractivity contribution in [2.24, 2.45) is 0 Å². The van der Waals surface area contributed by atoms with E-state index in [0.29, 0.717) is 11.6 Å². The van der Waals surface area contributed by atoms with E-state index >= 15 is 0 Å². The number of rotatable bonds is 7. The van der Waals surface area contributed by atoms with Gasteiger partial charge in [0.25, 0.3) is 5.56 Å². The second-order valence-corrected chi connectivity index (χ2v) is 7.34. The summed E-state index contributed by atoms with van der Waals surface area (Å²) in [5, 5.41) is 2.91. The molecular formula is C24H23N5O4. The Kier molecular flexibility index (Phi) is 6.30. The molecule has 9 nitrogen and oxygen atoms in total. The van der Waals surface area contributed by atoms with Crippen LogP contribution < -0.4 is 21.3 Å². The molecular weight excluding hydrogens is 422 g/mol. The Morgan fingerprint density at radius 2 is 1.85 bits per heavy atom. The van der Waals surface area contributed by atoms with E-state index < -0.39 is 23.7 Å². The number of amides is 1. The lowest BCUT2D eigenvalue weighted by atomic mass is 10.2. The number of carbonyl (C=O) groups is 1. The number of nitrogens with zero attached hydrogens (tertiary/aromatic N) is 4. The highest BCUT2D eigenvalue weighted by Crippen LogP contribution is 2.16. The summed E-state index contributed by atoms with van der Waals surface area (Å²) in [6.45, 7) is 1.90. The van der Waals surface area contributed by atoms with Crippen molar-refractivity contribution in [3.05, 3.63) is 87.2 Å². The van der Waals surface area contributed by atoms with Gasteiger partial charge >= 0.3 is 5.69 Å². The molecule has 0 bridgehead atoms. The zero-order valence-electron chi connectivity index (χ0n) is 18.3. The van der Waals surface area contributed by atoms with Crippen LogP contribution in [0.15, 0.2) is 70.4 Å². The topological polar surface area (TPSA) is 108 Å². The molecule has 4 aromatic rings. The number of benzene rings is 2. The number of hydrogen-bond donors (Lipinski definition) is 1. The van der Waals surface area contributed by atoms with E-state index in [1.807, 2.05) is 42.5 Å². The normalized spacial score (nSPS) is 10.8. The van der Waals surface area contributed by atoms with Crippen LogP contribution in [0.25, 0.3) is 22.4 Å². The van der Waals surface area contributed by atoms with Gasteiger partial charge in [-0.2, -0.15) is 0 Å². The van der Waals surface area contributed by atoms with Gasteiger partial charge < -0.3 is 10.1 Å². The first kappa shape index (κ1) is 21.9. The van der Waals surface area contributed by atoms with Crippen molar-refractivity contribution in [2.45, 2.75) is 26.6 Å². The van der Waals surface area contributed by atoms with E-state index in [4.69, 9.17) is 4.74 Å². The molecule has 2 aromatic carbocycles. The summed E-state index contributed by atoms with van der Waals surface area (Å²) in [7, 11) is 1.56. The number of nitrogens with one attached hydrogen (secondary N) is 1. The van der Waals surface area contributed by atoms with Crippen LogP contribution in [0.5, 0.6) is 5.75 Å². The van der Waals surface area contributed by atoms with Crippen LogP contribution in [-0.4, -0.2) is 32.1 Å².